The molecule has 1 aromatic heterocycles. The molecule has 0 spiro atoms. The fourth-order valence-electron chi connectivity index (χ4n) is 2.12. The van der Waals surface area contributed by atoms with Gasteiger partial charge in [-0.2, -0.15) is 4.98 Å². The van der Waals surface area contributed by atoms with Crippen LogP contribution in [0.4, 0.5) is 5.13 Å². The number of rotatable bonds is 9. The molecule has 0 amide bonds. The summed E-state index contributed by atoms with van der Waals surface area (Å²) < 4.78 is 5.29. The van der Waals surface area contributed by atoms with E-state index >= 15 is 0 Å². The van der Waals surface area contributed by atoms with Crippen molar-refractivity contribution in [1.82, 2.24) is 10.3 Å². The number of aliphatic hydroxyl groups excluding tert-OH is 1. The molecule has 20 heavy (non-hydrogen) atoms. The average Bonchev–Trinajstić information content (AvgIpc) is 2.83. The summed E-state index contributed by atoms with van der Waals surface area (Å²) in [5.74, 6) is 1.03. The number of nitrogens with one attached hydrogen (secondary N) is 1. The lowest BCUT2D eigenvalue weighted by Gasteiger charge is -2.20. The summed E-state index contributed by atoms with van der Waals surface area (Å²) in [4.78, 5) is 7.44. The van der Waals surface area contributed by atoms with Crippen LogP contribution in [0.15, 0.2) is 0 Å². The van der Waals surface area contributed by atoms with Crippen molar-refractivity contribution in [2.75, 3.05) is 32.6 Å². The van der Waals surface area contributed by atoms with Crippen LogP contribution < -0.4 is 15.0 Å². The zero-order valence-electron chi connectivity index (χ0n) is 13.1. The number of thiazole rings is 1. The number of aliphatic hydroxyl groups is 1. The molecule has 6 heteroatoms. The van der Waals surface area contributed by atoms with E-state index in [2.05, 4.69) is 24.1 Å². The lowest BCUT2D eigenvalue weighted by Crippen LogP contribution is -2.32. The molecule has 2 N–H and O–H groups in total. The van der Waals surface area contributed by atoms with Crippen molar-refractivity contribution < 1.29 is 9.84 Å². The van der Waals surface area contributed by atoms with E-state index in [0.29, 0.717) is 24.9 Å². The first kappa shape index (κ1) is 17.2. The number of anilines is 1. The number of ether oxygens (including phenoxy) is 1. The third-order valence-electron chi connectivity index (χ3n) is 3.46. The molecule has 1 heterocycles. The molecule has 1 unspecified atom stereocenters. The minimum atomic E-state index is -0.294. The number of hydrogen-bond donors (Lipinski definition) is 2. The Morgan fingerprint density at radius 3 is 2.50 bits per heavy atom. The maximum atomic E-state index is 10.1. The van der Waals surface area contributed by atoms with Gasteiger partial charge in [0.25, 0.3) is 0 Å². The minimum absolute atomic E-state index is 0.294. The Bertz CT molecular complexity index is 392. The van der Waals surface area contributed by atoms with Gasteiger partial charge in [0.2, 0.25) is 5.88 Å². The quantitative estimate of drug-likeness (QED) is 0.731. The summed E-state index contributed by atoms with van der Waals surface area (Å²) in [7, 11) is 5.57. The van der Waals surface area contributed by atoms with E-state index in [1.54, 1.807) is 18.4 Å². The Morgan fingerprint density at radius 1 is 1.35 bits per heavy atom. The van der Waals surface area contributed by atoms with Crippen molar-refractivity contribution in [3.05, 3.63) is 4.88 Å². The summed E-state index contributed by atoms with van der Waals surface area (Å²) in [6.45, 7) is 5.51. The summed E-state index contributed by atoms with van der Waals surface area (Å²) in [6, 6.07) is 0. The molecule has 116 valence electrons. The highest BCUT2D eigenvalue weighted by Gasteiger charge is 2.16. The topological polar surface area (TPSA) is 57.6 Å². The zero-order valence-corrected chi connectivity index (χ0v) is 14.0. The molecule has 1 rings (SSSR count). The third-order valence-corrected chi connectivity index (χ3v) is 4.66. The monoisotopic (exact) mass is 301 g/mol. The summed E-state index contributed by atoms with van der Waals surface area (Å²) in [6.07, 6.45) is 1.72. The van der Waals surface area contributed by atoms with Crippen LogP contribution >= 0.6 is 11.3 Å². The van der Waals surface area contributed by atoms with E-state index in [0.717, 1.165) is 22.9 Å². The molecule has 1 aromatic rings. The standard InChI is InChI=1S/C14H27N3O2S/c1-6-10(7-2)11(18)8-15-9-12-13(19-5)16-14(20-12)17(3)4/h10-11,15,18H,6-9H2,1-5H3. The van der Waals surface area contributed by atoms with Gasteiger partial charge in [-0.3, -0.25) is 0 Å². The van der Waals surface area contributed by atoms with Crippen molar-refractivity contribution in [3.8, 4) is 5.88 Å². The van der Waals surface area contributed by atoms with Crippen LogP contribution in [0.1, 0.15) is 31.6 Å². The minimum Gasteiger partial charge on any atom is -0.480 e. The second kappa shape index (κ2) is 8.44. The zero-order chi connectivity index (χ0) is 15.1. The first-order valence-electron chi connectivity index (χ1n) is 7.13. The lowest BCUT2D eigenvalue weighted by molar-refractivity contribution is 0.101. The van der Waals surface area contributed by atoms with E-state index < -0.39 is 0 Å². The number of hydrogen-bond acceptors (Lipinski definition) is 6. The molecule has 0 aliphatic carbocycles. The highest BCUT2D eigenvalue weighted by molar-refractivity contribution is 7.15. The summed E-state index contributed by atoms with van der Waals surface area (Å²) in [5.41, 5.74) is 0. The van der Waals surface area contributed by atoms with Gasteiger partial charge in [0, 0.05) is 27.2 Å². The molecule has 0 aliphatic rings. The Labute approximate surface area is 126 Å². The van der Waals surface area contributed by atoms with Gasteiger partial charge in [0.05, 0.1) is 18.1 Å². The van der Waals surface area contributed by atoms with E-state index in [9.17, 15) is 5.11 Å². The van der Waals surface area contributed by atoms with Crippen LogP contribution in [-0.4, -0.2) is 43.9 Å². The molecule has 0 bridgehead atoms. The molecule has 0 saturated carbocycles. The highest BCUT2D eigenvalue weighted by Crippen LogP contribution is 2.30. The fourth-order valence-corrected chi connectivity index (χ4v) is 3.04. The first-order valence-corrected chi connectivity index (χ1v) is 7.94. The largest absolute Gasteiger partial charge is 0.480 e. The molecule has 5 nitrogen and oxygen atoms in total. The van der Waals surface area contributed by atoms with Crippen LogP contribution in [0.25, 0.3) is 0 Å². The van der Waals surface area contributed by atoms with Gasteiger partial charge in [-0.15, -0.1) is 0 Å². The highest BCUT2D eigenvalue weighted by atomic mass is 32.1. The molecule has 0 saturated heterocycles. The maximum absolute atomic E-state index is 10.1. The molecular weight excluding hydrogens is 274 g/mol. The van der Waals surface area contributed by atoms with E-state index in [-0.39, 0.29) is 6.10 Å². The number of aromatic nitrogens is 1. The maximum Gasteiger partial charge on any atom is 0.230 e. The van der Waals surface area contributed by atoms with E-state index in [1.807, 2.05) is 19.0 Å². The smallest absolute Gasteiger partial charge is 0.230 e. The SMILES string of the molecule is CCC(CC)C(O)CNCc1sc(N(C)C)nc1OC. The number of methoxy groups -OCH3 is 1. The van der Waals surface area contributed by atoms with Crippen molar-refractivity contribution in [3.63, 3.8) is 0 Å². The second-order valence-corrected chi connectivity index (χ2v) is 6.16. The normalized spacial score (nSPS) is 12.8. The van der Waals surface area contributed by atoms with Crippen LogP contribution in [0.2, 0.25) is 0 Å². The Balaban J connectivity index is 2.53. The summed E-state index contributed by atoms with van der Waals surface area (Å²) >= 11 is 1.61. The molecule has 0 aromatic carbocycles. The van der Waals surface area contributed by atoms with Gasteiger partial charge < -0.3 is 20.1 Å². The average molecular weight is 301 g/mol. The molecule has 1 atom stereocenters. The van der Waals surface area contributed by atoms with E-state index in [4.69, 9.17) is 4.74 Å². The van der Waals surface area contributed by atoms with Gasteiger partial charge in [-0.25, -0.2) is 0 Å². The molecular formula is C14H27N3O2S. The van der Waals surface area contributed by atoms with Gasteiger partial charge >= 0.3 is 0 Å². The van der Waals surface area contributed by atoms with Crippen LogP contribution in [-0.2, 0) is 6.54 Å². The van der Waals surface area contributed by atoms with Crippen LogP contribution in [0.3, 0.4) is 0 Å². The van der Waals surface area contributed by atoms with Gasteiger partial charge in [0.15, 0.2) is 5.13 Å². The molecule has 0 radical (unpaired) electrons. The molecule has 0 aliphatic heterocycles. The summed E-state index contributed by atoms with van der Waals surface area (Å²) in [5, 5.41) is 14.3. The van der Waals surface area contributed by atoms with Crippen molar-refractivity contribution in [2.24, 2.45) is 5.92 Å². The van der Waals surface area contributed by atoms with Gasteiger partial charge in [-0.05, 0) is 5.92 Å². The van der Waals surface area contributed by atoms with Crippen LogP contribution in [0.5, 0.6) is 5.88 Å². The molecule has 0 fully saturated rings. The van der Waals surface area contributed by atoms with Crippen LogP contribution in [0, 0.1) is 5.92 Å². The lowest BCUT2D eigenvalue weighted by atomic mass is 9.97. The Morgan fingerprint density at radius 2 is 2.00 bits per heavy atom. The number of nitrogens with zero attached hydrogens (tertiary/aromatic N) is 2. The van der Waals surface area contributed by atoms with E-state index in [1.165, 1.54) is 0 Å². The first-order chi connectivity index (χ1) is 9.53. The van der Waals surface area contributed by atoms with Gasteiger partial charge in [0.1, 0.15) is 0 Å². The fraction of sp³-hybridized carbons (Fsp3) is 0.786. The van der Waals surface area contributed by atoms with Crippen molar-refractivity contribution in [2.45, 2.75) is 39.3 Å². The predicted molar refractivity (Wildman–Crippen MR) is 84.8 cm³/mol. The Hall–Kier alpha value is -0.850. The second-order valence-electron chi connectivity index (χ2n) is 5.10. The van der Waals surface area contributed by atoms with Crippen molar-refractivity contribution in [1.29, 1.82) is 0 Å². The Kier molecular flexibility index (Phi) is 7.26. The van der Waals surface area contributed by atoms with Gasteiger partial charge in [-0.1, -0.05) is 38.0 Å². The third kappa shape index (κ3) is 4.61. The van der Waals surface area contributed by atoms with Crippen molar-refractivity contribution >= 4 is 16.5 Å². The predicted octanol–water partition coefficient (Wildman–Crippen LogP) is 2.10.